The summed E-state index contributed by atoms with van der Waals surface area (Å²) in [6, 6.07) is 11.0. The summed E-state index contributed by atoms with van der Waals surface area (Å²) < 4.78 is 33.1. The fraction of sp³-hybridized carbons (Fsp3) is 0.269. The zero-order valence-electron chi connectivity index (χ0n) is 19.0. The first kappa shape index (κ1) is 22.8. The van der Waals surface area contributed by atoms with Gasteiger partial charge in [0, 0.05) is 43.2 Å². The standard InChI is InChI=1S/C26H23F2N3O4/c1-16(32)30-13-10-19-22(30)6-5-7-23(19)31-15-21(24(33)29-11-3-2-4-12-29)18-9-8-17(35-26(27)28)14-20(18)25(31)34/h5-10,13-15,26H,2-4,11-12H2,1H3. The number of hydrogen-bond donors (Lipinski definition) is 0. The Labute approximate surface area is 199 Å². The summed E-state index contributed by atoms with van der Waals surface area (Å²) in [6.07, 6.45) is 5.97. The molecule has 0 bridgehead atoms. The molecule has 1 saturated heterocycles. The first-order chi connectivity index (χ1) is 16.8. The molecule has 3 heterocycles. The minimum atomic E-state index is -3.05. The van der Waals surface area contributed by atoms with Crippen molar-refractivity contribution in [3.8, 4) is 11.4 Å². The number of pyridine rings is 1. The van der Waals surface area contributed by atoms with Gasteiger partial charge < -0.3 is 9.64 Å². The Balaban J connectivity index is 1.77. The van der Waals surface area contributed by atoms with Crippen molar-refractivity contribution in [3.05, 3.63) is 70.8 Å². The number of rotatable bonds is 4. The van der Waals surface area contributed by atoms with Gasteiger partial charge in [-0.25, -0.2) is 0 Å². The summed E-state index contributed by atoms with van der Waals surface area (Å²) in [4.78, 5) is 40.9. The highest BCUT2D eigenvalue weighted by Crippen LogP contribution is 2.28. The van der Waals surface area contributed by atoms with E-state index in [1.165, 1.54) is 40.5 Å². The van der Waals surface area contributed by atoms with Crippen molar-refractivity contribution in [3.63, 3.8) is 0 Å². The molecule has 0 atom stereocenters. The molecule has 2 aromatic heterocycles. The molecule has 0 unspecified atom stereocenters. The number of halogens is 2. The molecule has 9 heteroatoms. The van der Waals surface area contributed by atoms with Gasteiger partial charge in [-0.05, 0) is 55.7 Å². The van der Waals surface area contributed by atoms with Crippen molar-refractivity contribution < 1.29 is 23.1 Å². The quantitative estimate of drug-likeness (QED) is 0.420. The molecule has 0 radical (unpaired) electrons. The van der Waals surface area contributed by atoms with Gasteiger partial charge in [-0.2, -0.15) is 8.78 Å². The number of amides is 1. The number of hydrogen-bond acceptors (Lipinski definition) is 4. The van der Waals surface area contributed by atoms with Gasteiger partial charge in [-0.1, -0.05) is 6.07 Å². The summed E-state index contributed by atoms with van der Waals surface area (Å²) in [6.45, 7) is -0.381. The second-order valence-electron chi connectivity index (χ2n) is 8.57. The fourth-order valence-electron chi connectivity index (χ4n) is 4.75. The molecule has 5 rings (SSSR count). The van der Waals surface area contributed by atoms with E-state index in [-0.39, 0.29) is 23.0 Å². The van der Waals surface area contributed by atoms with Crippen LogP contribution < -0.4 is 10.3 Å². The van der Waals surface area contributed by atoms with Gasteiger partial charge in [0.05, 0.1) is 22.2 Å². The Hall–Kier alpha value is -4.01. The number of fused-ring (bicyclic) bond motifs is 2. The second kappa shape index (κ2) is 8.98. The Bertz CT molecular complexity index is 1520. The van der Waals surface area contributed by atoms with Gasteiger partial charge in [0.1, 0.15) is 5.75 Å². The summed E-state index contributed by atoms with van der Waals surface area (Å²) in [5.41, 5.74) is 0.897. The third kappa shape index (κ3) is 4.07. The predicted octanol–water partition coefficient (Wildman–Crippen LogP) is 4.83. The van der Waals surface area contributed by atoms with Gasteiger partial charge in [0.15, 0.2) is 0 Å². The summed E-state index contributed by atoms with van der Waals surface area (Å²) in [5.74, 6) is -0.572. The van der Waals surface area contributed by atoms with Crippen LogP contribution in [0.3, 0.4) is 0 Å². The fourth-order valence-corrected chi connectivity index (χ4v) is 4.75. The number of aromatic nitrogens is 2. The van der Waals surface area contributed by atoms with Crippen molar-refractivity contribution in [2.75, 3.05) is 13.1 Å². The number of carbonyl (C=O) groups excluding carboxylic acids is 2. The van der Waals surface area contributed by atoms with E-state index in [1.54, 1.807) is 35.4 Å². The average Bonchev–Trinajstić information content (AvgIpc) is 3.29. The van der Waals surface area contributed by atoms with E-state index in [4.69, 9.17) is 0 Å². The monoisotopic (exact) mass is 479 g/mol. The number of alkyl halides is 2. The van der Waals surface area contributed by atoms with Crippen LogP contribution in [-0.4, -0.2) is 45.5 Å². The topological polar surface area (TPSA) is 73.5 Å². The van der Waals surface area contributed by atoms with Crippen LogP contribution in [-0.2, 0) is 0 Å². The lowest BCUT2D eigenvalue weighted by Gasteiger charge is -2.27. The molecule has 7 nitrogen and oxygen atoms in total. The maximum atomic E-state index is 13.6. The van der Waals surface area contributed by atoms with E-state index in [2.05, 4.69) is 4.74 Å². The van der Waals surface area contributed by atoms with Crippen LogP contribution in [0.25, 0.3) is 27.4 Å². The van der Waals surface area contributed by atoms with E-state index >= 15 is 0 Å². The first-order valence-electron chi connectivity index (χ1n) is 11.4. The molecule has 1 amide bonds. The number of benzene rings is 2. The smallest absolute Gasteiger partial charge is 0.387 e. The maximum Gasteiger partial charge on any atom is 0.387 e. The van der Waals surface area contributed by atoms with Crippen molar-refractivity contribution in [2.45, 2.75) is 32.8 Å². The molecule has 1 aliphatic heterocycles. The van der Waals surface area contributed by atoms with Crippen LogP contribution in [0.5, 0.6) is 5.75 Å². The average molecular weight is 479 g/mol. The van der Waals surface area contributed by atoms with Gasteiger partial charge in [-0.15, -0.1) is 0 Å². The van der Waals surface area contributed by atoms with Crippen molar-refractivity contribution in [1.29, 1.82) is 0 Å². The predicted molar refractivity (Wildman–Crippen MR) is 128 cm³/mol. The van der Waals surface area contributed by atoms with Crippen LogP contribution in [0, 0.1) is 0 Å². The normalized spacial score (nSPS) is 14.1. The van der Waals surface area contributed by atoms with Crippen molar-refractivity contribution in [1.82, 2.24) is 14.0 Å². The number of nitrogens with zero attached hydrogens (tertiary/aromatic N) is 3. The van der Waals surface area contributed by atoms with Crippen LogP contribution in [0.4, 0.5) is 8.78 Å². The minimum absolute atomic E-state index is 0.0917. The molecule has 0 aliphatic carbocycles. The summed E-state index contributed by atoms with van der Waals surface area (Å²) >= 11 is 0. The number of ether oxygens (including phenoxy) is 1. The lowest BCUT2D eigenvalue weighted by atomic mass is 10.0. The maximum absolute atomic E-state index is 13.6. The number of likely N-dealkylation sites (tertiary alicyclic amines) is 1. The highest BCUT2D eigenvalue weighted by atomic mass is 19.3. The van der Waals surface area contributed by atoms with E-state index in [0.29, 0.717) is 40.6 Å². The summed E-state index contributed by atoms with van der Waals surface area (Å²) in [7, 11) is 0. The third-order valence-corrected chi connectivity index (χ3v) is 6.40. The van der Waals surface area contributed by atoms with Crippen LogP contribution in [0.2, 0.25) is 0 Å². The van der Waals surface area contributed by atoms with Gasteiger partial charge >= 0.3 is 6.61 Å². The highest BCUT2D eigenvalue weighted by molar-refractivity contribution is 6.07. The Kier molecular flexibility index (Phi) is 5.84. The SMILES string of the molecule is CC(=O)n1ccc2c(-n3cc(C(=O)N4CCCCC4)c4ccc(OC(F)F)cc4c3=O)cccc21. The third-order valence-electron chi connectivity index (χ3n) is 6.40. The van der Waals surface area contributed by atoms with Crippen molar-refractivity contribution in [2.24, 2.45) is 0 Å². The van der Waals surface area contributed by atoms with Crippen LogP contribution in [0.1, 0.15) is 41.3 Å². The Morgan fingerprint density at radius 3 is 2.46 bits per heavy atom. The summed E-state index contributed by atoms with van der Waals surface area (Å²) in [5, 5.41) is 1.10. The van der Waals surface area contributed by atoms with E-state index in [0.717, 1.165) is 19.3 Å². The molecule has 0 N–H and O–H groups in total. The van der Waals surface area contributed by atoms with Gasteiger partial charge in [0.25, 0.3) is 11.5 Å². The van der Waals surface area contributed by atoms with Gasteiger partial charge in [-0.3, -0.25) is 23.5 Å². The molecule has 180 valence electrons. The van der Waals surface area contributed by atoms with Crippen molar-refractivity contribution >= 4 is 33.5 Å². The van der Waals surface area contributed by atoms with E-state index in [9.17, 15) is 23.2 Å². The largest absolute Gasteiger partial charge is 0.435 e. The highest BCUT2D eigenvalue weighted by Gasteiger charge is 2.23. The number of carbonyl (C=O) groups is 2. The molecule has 35 heavy (non-hydrogen) atoms. The second-order valence-corrected chi connectivity index (χ2v) is 8.57. The van der Waals surface area contributed by atoms with Crippen LogP contribution in [0.15, 0.2) is 59.7 Å². The lowest BCUT2D eigenvalue weighted by Crippen LogP contribution is -2.36. The minimum Gasteiger partial charge on any atom is -0.435 e. The van der Waals surface area contributed by atoms with E-state index in [1.807, 2.05) is 0 Å². The Morgan fingerprint density at radius 2 is 1.74 bits per heavy atom. The lowest BCUT2D eigenvalue weighted by molar-refractivity contribution is -0.0497. The molecule has 0 saturated carbocycles. The van der Waals surface area contributed by atoms with Gasteiger partial charge in [0.2, 0.25) is 5.91 Å². The number of piperidine rings is 1. The van der Waals surface area contributed by atoms with Crippen LogP contribution >= 0.6 is 0 Å². The molecular formula is C26H23F2N3O4. The first-order valence-corrected chi connectivity index (χ1v) is 11.4. The molecule has 1 fully saturated rings. The molecule has 4 aromatic rings. The molecule has 1 aliphatic rings. The Morgan fingerprint density at radius 1 is 0.971 bits per heavy atom. The zero-order valence-corrected chi connectivity index (χ0v) is 19.0. The zero-order chi connectivity index (χ0) is 24.7. The molecule has 0 spiro atoms. The molecule has 2 aromatic carbocycles. The molecular weight excluding hydrogens is 456 g/mol. The van der Waals surface area contributed by atoms with E-state index < -0.39 is 12.2 Å².